The Morgan fingerprint density at radius 1 is 1.15 bits per heavy atom. The van der Waals surface area contributed by atoms with Crippen LogP contribution in [0, 0.1) is 0 Å². The van der Waals surface area contributed by atoms with Gasteiger partial charge in [-0.15, -0.1) is 0 Å². The lowest BCUT2D eigenvalue weighted by Gasteiger charge is -2.08. The number of ether oxygens (including phenoxy) is 1. The lowest BCUT2D eigenvalue weighted by Crippen LogP contribution is -2.28. The maximum absolute atomic E-state index is 11.7. The minimum absolute atomic E-state index is 0.0177. The fraction of sp³-hybridized carbons (Fsp3) is 0.133. The first-order chi connectivity index (χ1) is 9.65. The van der Waals surface area contributed by atoms with Gasteiger partial charge in [0.1, 0.15) is 5.75 Å². The Balaban J connectivity index is 1.78. The van der Waals surface area contributed by atoms with Gasteiger partial charge in [0.2, 0.25) is 0 Å². The van der Waals surface area contributed by atoms with Crippen molar-refractivity contribution in [2.45, 2.75) is 6.54 Å². The van der Waals surface area contributed by atoms with Crippen LogP contribution in [0.4, 0.5) is 0 Å². The second-order valence-electron chi connectivity index (χ2n) is 4.12. The minimum atomic E-state index is -0.171. The van der Waals surface area contributed by atoms with Gasteiger partial charge in [-0.25, -0.2) is 0 Å². The van der Waals surface area contributed by atoms with E-state index in [1.807, 2.05) is 30.3 Å². The molecular formula is C15H13BrClNO2. The van der Waals surface area contributed by atoms with Crippen molar-refractivity contribution in [1.29, 1.82) is 0 Å². The van der Waals surface area contributed by atoms with E-state index in [-0.39, 0.29) is 12.5 Å². The fourth-order valence-corrected chi connectivity index (χ4v) is 2.08. The van der Waals surface area contributed by atoms with Crippen LogP contribution in [0.5, 0.6) is 5.75 Å². The summed E-state index contributed by atoms with van der Waals surface area (Å²) in [5.41, 5.74) is 0.989. The highest BCUT2D eigenvalue weighted by Crippen LogP contribution is 2.23. The standard InChI is InChI=1S/C15H13BrClNO2/c16-13-3-1-2-4-14(13)20-10-15(19)18-9-11-5-7-12(17)8-6-11/h1-8H,9-10H2,(H,18,19). The van der Waals surface area contributed by atoms with E-state index >= 15 is 0 Å². The van der Waals surface area contributed by atoms with E-state index in [1.54, 1.807) is 18.2 Å². The first-order valence-corrected chi connectivity index (χ1v) is 7.21. The van der Waals surface area contributed by atoms with Crippen molar-refractivity contribution < 1.29 is 9.53 Å². The van der Waals surface area contributed by atoms with Crippen molar-refractivity contribution in [1.82, 2.24) is 5.32 Å². The van der Waals surface area contributed by atoms with E-state index in [9.17, 15) is 4.79 Å². The molecule has 0 radical (unpaired) electrons. The molecule has 1 amide bonds. The molecule has 104 valence electrons. The molecule has 0 atom stereocenters. The van der Waals surface area contributed by atoms with Crippen LogP contribution in [0.2, 0.25) is 5.02 Å². The van der Waals surface area contributed by atoms with Gasteiger partial charge in [0.15, 0.2) is 6.61 Å². The third-order valence-corrected chi connectivity index (χ3v) is 3.51. The smallest absolute Gasteiger partial charge is 0.258 e. The summed E-state index contributed by atoms with van der Waals surface area (Å²) < 4.78 is 6.25. The van der Waals surface area contributed by atoms with Gasteiger partial charge >= 0.3 is 0 Å². The van der Waals surface area contributed by atoms with Gasteiger partial charge in [0, 0.05) is 11.6 Å². The van der Waals surface area contributed by atoms with Crippen molar-refractivity contribution in [3.05, 3.63) is 63.6 Å². The van der Waals surface area contributed by atoms with Crippen molar-refractivity contribution in [2.75, 3.05) is 6.61 Å². The third kappa shape index (κ3) is 4.54. The predicted molar refractivity (Wildman–Crippen MR) is 82.9 cm³/mol. The summed E-state index contributed by atoms with van der Waals surface area (Å²) in [6.45, 7) is 0.436. The van der Waals surface area contributed by atoms with E-state index in [2.05, 4.69) is 21.2 Å². The number of benzene rings is 2. The quantitative estimate of drug-likeness (QED) is 0.887. The molecule has 0 fully saturated rings. The number of carbonyl (C=O) groups is 1. The molecule has 0 unspecified atom stereocenters. The van der Waals surface area contributed by atoms with Gasteiger partial charge < -0.3 is 10.1 Å². The zero-order valence-electron chi connectivity index (χ0n) is 10.6. The highest BCUT2D eigenvalue weighted by molar-refractivity contribution is 9.10. The normalized spacial score (nSPS) is 10.1. The molecule has 0 saturated heterocycles. The molecule has 0 aliphatic rings. The Morgan fingerprint density at radius 2 is 1.85 bits per heavy atom. The summed E-state index contributed by atoms with van der Waals surface area (Å²) in [7, 11) is 0. The number of carbonyl (C=O) groups excluding carboxylic acids is 1. The first kappa shape index (κ1) is 14.9. The zero-order chi connectivity index (χ0) is 14.4. The second-order valence-corrected chi connectivity index (χ2v) is 5.41. The zero-order valence-corrected chi connectivity index (χ0v) is 12.9. The van der Waals surface area contributed by atoms with Gasteiger partial charge in [-0.3, -0.25) is 4.79 Å². The summed E-state index contributed by atoms with van der Waals surface area (Å²) in [4.78, 5) is 11.7. The van der Waals surface area contributed by atoms with E-state index in [0.717, 1.165) is 10.0 Å². The topological polar surface area (TPSA) is 38.3 Å². The maximum Gasteiger partial charge on any atom is 0.258 e. The third-order valence-electron chi connectivity index (χ3n) is 2.60. The van der Waals surface area contributed by atoms with Gasteiger partial charge in [0.05, 0.1) is 4.47 Å². The van der Waals surface area contributed by atoms with Gasteiger partial charge in [-0.05, 0) is 45.8 Å². The Bertz CT molecular complexity index is 587. The predicted octanol–water partition coefficient (Wildman–Crippen LogP) is 3.80. The number of amides is 1. The molecule has 2 rings (SSSR count). The van der Waals surface area contributed by atoms with E-state index in [4.69, 9.17) is 16.3 Å². The molecular weight excluding hydrogens is 342 g/mol. The minimum Gasteiger partial charge on any atom is -0.483 e. The molecule has 0 bridgehead atoms. The lowest BCUT2D eigenvalue weighted by atomic mass is 10.2. The van der Waals surface area contributed by atoms with Crippen LogP contribution in [-0.4, -0.2) is 12.5 Å². The lowest BCUT2D eigenvalue weighted by molar-refractivity contribution is -0.123. The van der Waals surface area contributed by atoms with Crippen LogP contribution in [0.1, 0.15) is 5.56 Å². The van der Waals surface area contributed by atoms with Crippen LogP contribution in [0.15, 0.2) is 53.0 Å². The Labute approximate surface area is 131 Å². The number of para-hydroxylation sites is 1. The summed E-state index contributed by atoms with van der Waals surface area (Å²) in [5.74, 6) is 0.477. The summed E-state index contributed by atoms with van der Waals surface area (Å²) in [5, 5.41) is 3.46. The summed E-state index contributed by atoms with van der Waals surface area (Å²) in [6, 6.07) is 14.7. The largest absolute Gasteiger partial charge is 0.483 e. The molecule has 5 heteroatoms. The van der Waals surface area contributed by atoms with Crippen molar-refractivity contribution in [2.24, 2.45) is 0 Å². The van der Waals surface area contributed by atoms with E-state index < -0.39 is 0 Å². The average Bonchev–Trinajstić information content (AvgIpc) is 2.46. The fourth-order valence-electron chi connectivity index (χ4n) is 1.56. The van der Waals surface area contributed by atoms with Crippen molar-refractivity contribution in [3.63, 3.8) is 0 Å². The maximum atomic E-state index is 11.7. The van der Waals surface area contributed by atoms with Gasteiger partial charge in [-0.1, -0.05) is 35.9 Å². The molecule has 0 aliphatic heterocycles. The molecule has 2 aromatic carbocycles. The van der Waals surface area contributed by atoms with Crippen LogP contribution in [0.3, 0.4) is 0 Å². The summed E-state index contributed by atoms with van der Waals surface area (Å²) >= 11 is 9.15. The molecule has 0 heterocycles. The number of nitrogens with one attached hydrogen (secondary N) is 1. The van der Waals surface area contributed by atoms with Gasteiger partial charge in [-0.2, -0.15) is 0 Å². The Morgan fingerprint density at radius 3 is 2.55 bits per heavy atom. The molecule has 0 saturated carbocycles. The molecule has 0 aromatic heterocycles. The number of hydrogen-bond acceptors (Lipinski definition) is 2. The average molecular weight is 355 g/mol. The first-order valence-electron chi connectivity index (χ1n) is 6.03. The SMILES string of the molecule is O=C(COc1ccccc1Br)NCc1ccc(Cl)cc1. The van der Waals surface area contributed by atoms with Crippen LogP contribution in [-0.2, 0) is 11.3 Å². The second kappa shape index (κ2) is 7.31. The molecule has 0 aliphatic carbocycles. The van der Waals surface area contributed by atoms with Crippen molar-refractivity contribution in [3.8, 4) is 5.75 Å². The number of hydrogen-bond donors (Lipinski definition) is 1. The van der Waals surface area contributed by atoms with Crippen LogP contribution in [0.25, 0.3) is 0 Å². The highest BCUT2D eigenvalue weighted by atomic mass is 79.9. The molecule has 3 nitrogen and oxygen atoms in total. The van der Waals surface area contributed by atoms with Crippen molar-refractivity contribution >= 4 is 33.4 Å². The van der Waals surface area contributed by atoms with E-state index in [0.29, 0.717) is 17.3 Å². The monoisotopic (exact) mass is 353 g/mol. The molecule has 2 aromatic rings. The molecule has 1 N–H and O–H groups in total. The highest BCUT2D eigenvalue weighted by Gasteiger charge is 2.05. The van der Waals surface area contributed by atoms with Gasteiger partial charge in [0.25, 0.3) is 5.91 Å². The number of halogens is 2. The number of rotatable bonds is 5. The Kier molecular flexibility index (Phi) is 5.44. The van der Waals surface area contributed by atoms with Crippen LogP contribution >= 0.6 is 27.5 Å². The Hall–Kier alpha value is -1.52. The molecule has 0 spiro atoms. The molecule has 20 heavy (non-hydrogen) atoms. The van der Waals surface area contributed by atoms with Crippen LogP contribution < -0.4 is 10.1 Å². The van der Waals surface area contributed by atoms with E-state index in [1.165, 1.54) is 0 Å². The summed E-state index contributed by atoms with van der Waals surface area (Å²) in [6.07, 6.45) is 0.